The number of hydrogen-bond acceptors (Lipinski definition) is 4. The van der Waals surface area contributed by atoms with Crippen molar-refractivity contribution >= 4 is 23.2 Å². The number of amides is 2. The van der Waals surface area contributed by atoms with Crippen LogP contribution < -0.4 is 0 Å². The normalized spacial score (nSPS) is 21.1. The van der Waals surface area contributed by atoms with Crippen molar-refractivity contribution in [2.45, 2.75) is 51.1 Å². The van der Waals surface area contributed by atoms with Gasteiger partial charge in [-0.1, -0.05) is 25.3 Å². The minimum Gasteiger partial charge on any atom is -0.341 e. The Labute approximate surface area is 154 Å². The van der Waals surface area contributed by atoms with E-state index < -0.39 is 0 Å². The number of thiophene rings is 1. The number of piperazine rings is 1. The molecule has 1 atom stereocenters. The molecule has 0 bridgehead atoms. The molecule has 1 aliphatic carbocycles. The molecule has 138 valence electrons. The lowest BCUT2D eigenvalue weighted by atomic mass is 9.94. The molecule has 25 heavy (non-hydrogen) atoms. The molecule has 1 aliphatic heterocycles. The maximum atomic E-state index is 12.8. The van der Waals surface area contributed by atoms with E-state index in [0.717, 1.165) is 30.8 Å². The monoisotopic (exact) mass is 363 g/mol. The summed E-state index contributed by atoms with van der Waals surface area (Å²) in [6, 6.07) is 4.09. The zero-order valence-electron chi connectivity index (χ0n) is 15.3. The van der Waals surface area contributed by atoms with Gasteiger partial charge in [0, 0.05) is 39.3 Å². The average molecular weight is 364 g/mol. The van der Waals surface area contributed by atoms with Crippen molar-refractivity contribution in [3.63, 3.8) is 0 Å². The van der Waals surface area contributed by atoms with E-state index in [0.29, 0.717) is 19.1 Å². The fourth-order valence-electron chi connectivity index (χ4n) is 3.97. The molecule has 1 aromatic rings. The van der Waals surface area contributed by atoms with E-state index >= 15 is 0 Å². The quantitative estimate of drug-likeness (QED) is 0.826. The second-order valence-electron chi connectivity index (χ2n) is 7.22. The first kappa shape index (κ1) is 18.4. The summed E-state index contributed by atoms with van der Waals surface area (Å²) < 4.78 is 0. The van der Waals surface area contributed by atoms with Crippen LogP contribution >= 0.6 is 11.3 Å². The zero-order chi connectivity index (χ0) is 17.8. The smallest absolute Gasteiger partial charge is 0.264 e. The third-order valence-corrected chi connectivity index (χ3v) is 6.57. The predicted molar refractivity (Wildman–Crippen MR) is 101 cm³/mol. The lowest BCUT2D eigenvalue weighted by Gasteiger charge is -2.40. The molecule has 1 saturated carbocycles. The highest BCUT2D eigenvalue weighted by Crippen LogP contribution is 2.23. The Hall–Kier alpha value is -1.40. The van der Waals surface area contributed by atoms with Gasteiger partial charge in [-0.2, -0.15) is 0 Å². The van der Waals surface area contributed by atoms with Gasteiger partial charge in [0.15, 0.2) is 0 Å². The molecule has 2 heterocycles. The molecule has 2 amide bonds. The van der Waals surface area contributed by atoms with Gasteiger partial charge >= 0.3 is 0 Å². The molecule has 1 unspecified atom stereocenters. The zero-order valence-corrected chi connectivity index (χ0v) is 16.1. The summed E-state index contributed by atoms with van der Waals surface area (Å²) >= 11 is 1.49. The van der Waals surface area contributed by atoms with E-state index in [9.17, 15) is 9.59 Å². The number of carbonyl (C=O) groups is 2. The molecular weight excluding hydrogens is 334 g/mol. The molecule has 0 spiro atoms. The van der Waals surface area contributed by atoms with E-state index in [1.807, 2.05) is 41.3 Å². The van der Waals surface area contributed by atoms with Crippen LogP contribution in [0.5, 0.6) is 0 Å². The number of rotatable bonds is 4. The Morgan fingerprint density at radius 3 is 2.44 bits per heavy atom. The van der Waals surface area contributed by atoms with Gasteiger partial charge in [0.2, 0.25) is 5.91 Å². The predicted octanol–water partition coefficient (Wildman–Crippen LogP) is 2.69. The van der Waals surface area contributed by atoms with E-state index in [4.69, 9.17) is 0 Å². The van der Waals surface area contributed by atoms with E-state index in [1.165, 1.54) is 30.6 Å². The average Bonchev–Trinajstić information content (AvgIpc) is 3.21. The Morgan fingerprint density at radius 1 is 1.16 bits per heavy atom. The number of hydrogen-bond donors (Lipinski definition) is 0. The van der Waals surface area contributed by atoms with Gasteiger partial charge in [-0.3, -0.25) is 14.5 Å². The molecule has 3 rings (SSSR count). The van der Waals surface area contributed by atoms with Crippen LogP contribution in [0.15, 0.2) is 17.5 Å². The fraction of sp³-hybridized carbons (Fsp3) is 0.684. The maximum Gasteiger partial charge on any atom is 0.264 e. The van der Waals surface area contributed by atoms with E-state index in [1.54, 1.807) is 0 Å². The van der Waals surface area contributed by atoms with Crippen LogP contribution in [0.3, 0.4) is 0 Å². The van der Waals surface area contributed by atoms with E-state index in [-0.39, 0.29) is 17.9 Å². The Balaban J connectivity index is 1.51. The first-order valence-corrected chi connectivity index (χ1v) is 10.3. The maximum absolute atomic E-state index is 12.8. The molecular formula is C19H29N3O2S. The highest BCUT2D eigenvalue weighted by Gasteiger charge is 2.31. The number of nitrogens with zero attached hydrogens (tertiary/aromatic N) is 3. The van der Waals surface area contributed by atoms with Gasteiger partial charge in [0.05, 0.1) is 10.9 Å². The van der Waals surface area contributed by atoms with E-state index in [2.05, 4.69) is 4.90 Å². The second kappa shape index (κ2) is 8.32. The summed E-state index contributed by atoms with van der Waals surface area (Å²) in [7, 11) is 1.96. The Bertz CT molecular complexity index is 575. The Morgan fingerprint density at radius 2 is 1.84 bits per heavy atom. The minimum absolute atomic E-state index is 0.106. The van der Waals surface area contributed by atoms with Crippen LogP contribution in [0, 0.1) is 0 Å². The van der Waals surface area contributed by atoms with Crippen LogP contribution in [0.25, 0.3) is 0 Å². The first-order valence-electron chi connectivity index (χ1n) is 9.41. The highest BCUT2D eigenvalue weighted by molar-refractivity contribution is 7.12. The molecule has 6 heteroatoms. The Kier molecular flexibility index (Phi) is 6.12. The minimum atomic E-state index is -0.106. The summed E-state index contributed by atoms with van der Waals surface area (Å²) in [6.45, 7) is 4.94. The summed E-state index contributed by atoms with van der Waals surface area (Å²) in [5.41, 5.74) is 0. The third kappa shape index (κ3) is 4.23. The standard InChI is InChI=1S/C19H29N3O2S/c1-15(18(23)20(2)16-7-4-3-5-8-16)21-10-12-22(13-11-21)19(24)17-9-6-14-25-17/h6,9,14-16H,3-5,7-8,10-13H2,1-2H3. The SMILES string of the molecule is CC(C(=O)N(C)C1CCCCC1)N1CCN(C(=O)c2cccs2)CC1. The molecule has 0 aromatic carbocycles. The highest BCUT2D eigenvalue weighted by atomic mass is 32.1. The molecule has 0 radical (unpaired) electrons. The summed E-state index contributed by atoms with van der Waals surface area (Å²) in [5, 5.41) is 1.94. The van der Waals surface area contributed by atoms with Gasteiger partial charge in [-0.25, -0.2) is 0 Å². The van der Waals surface area contributed by atoms with Crippen molar-refractivity contribution in [3.05, 3.63) is 22.4 Å². The van der Waals surface area contributed by atoms with Crippen molar-refractivity contribution < 1.29 is 9.59 Å². The third-order valence-electron chi connectivity index (χ3n) is 5.71. The van der Waals surface area contributed by atoms with Crippen LogP contribution in [0.1, 0.15) is 48.7 Å². The molecule has 1 saturated heterocycles. The molecule has 5 nitrogen and oxygen atoms in total. The van der Waals surface area contributed by atoms with Crippen LogP contribution in [0.4, 0.5) is 0 Å². The van der Waals surface area contributed by atoms with Crippen LogP contribution in [-0.2, 0) is 4.79 Å². The van der Waals surface area contributed by atoms with Gasteiger partial charge in [-0.05, 0) is 31.2 Å². The van der Waals surface area contributed by atoms with Gasteiger partial charge in [0.25, 0.3) is 5.91 Å². The van der Waals surface area contributed by atoms with Crippen molar-refractivity contribution in [1.29, 1.82) is 0 Å². The van der Waals surface area contributed by atoms with Crippen molar-refractivity contribution in [3.8, 4) is 0 Å². The van der Waals surface area contributed by atoms with Gasteiger partial charge in [0.1, 0.15) is 0 Å². The molecule has 1 aromatic heterocycles. The van der Waals surface area contributed by atoms with Crippen molar-refractivity contribution in [2.24, 2.45) is 0 Å². The van der Waals surface area contributed by atoms with Crippen LogP contribution in [-0.4, -0.2) is 71.8 Å². The second-order valence-corrected chi connectivity index (χ2v) is 8.17. The lowest BCUT2D eigenvalue weighted by molar-refractivity contribution is -0.138. The summed E-state index contributed by atoms with van der Waals surface area (Å²) in [4.78, 5) is 32.2. The van der Waals surface area contributed by atoms with Crippen molar-refractivity contribution in [2.75, 3.05) is 33.2 Å². The van der Waals surface area contributed by atoms with Crippen LogP contribution in [0.2, 0.25) is 0 Å². The van der Waals surface area contributed by atoms with Gasteiger partial charge in [-0.15, -0.1) is 11.3 Å². The number of carbonyl (C=O) groups excluding carboxylic acids is 2. The lowest BCUT2D eigenvalue weighted by Crippen LogP contribution is -2.56. The summed E-state index contributed by atoms with van der Waals surface area (Å²) in [5.74, 6) is 0.345. The fourth-order valence-corrected chi connectivity index (χ4v) is 4.66. The number of likely N-dealkylation sites (N-methyl/N-ethyl adjacent to an activating group) is 1. The topological polar surface area (TPSA) is 43.9 Å². The van der Waals surface area contributed by atoms with Gasteiger partial charge < -0.3 is 9.80 Å². The summed E-state index contributed by atoms with van der Waals surface area (Å²) in [6.07, 6.45) is 6.05. The molecule has 2 fully saturated rings. The molecule has 0 N–H and O–H groups in total. The van der Waals surface area contributed by atoms with Crippen molar-refractivity contribution in [1.82, 2.24) is 14.7 Å². The molecule has 2 aliphatic rings. The largest absolute Gasteiger partial charge is 0.341 e. The first-order chi connectivity index (χ1) is 12.1.